The van der Waals surface area contributed by atoms with Crippen molar-refractivity contribution in [3.8, 4) is 0 Å². The quantitative estimate of drug-likeness (QED) is 0.890. The van der Waals surface area contributed by atoms with Gasteiger partial charge in [-0.2, -0.15) is 5.10 Å². The van der Waals surface area contributed by atoms with Crippen LogP contribution in [-0.4, -0.2) is 36.8 Å². The second kappa shape index (κ2) is 5.21. The van der Waals surface area contributed by atoms with Crippen LogP contribution in [0.15, 0.2) is 36.7 Å². The van der Waals surface area contributed by atoms with Gasteiger partial charge in [-0.05, 0) is 24.6 Å². The summed E-state index contributed by atoms with van der Waals surface area (Å²) in [5, 5.41) is 9.02. The topological polar surface area (TPSA) is 95.2 Å². The predicted molar refractivity (Wildman–Crippen MR) is 78.7 cm³/mol. The van der Waals surface area contributed by atoms with Gasteiger partial charge < -0.3 is 5.32 Å². The molecule has 3 rings (SSSR count). The molecule has 0 bridgehead atoms. The largest absolute Gasteiger partial charge is 0.319 e. The summed E-state index contributed by atoms with van der Waals surface area (Å²) in [5.41, 5.74) is 1.47. The Kier molecular flexibility index (Phi) is 3.38. The third kappa shape index (κ3) is 2.75. The van der Waals surface area contributed by atoms with Gasteiger partial charge in [0.15, 0.2) is 0 Å². The minimum atomic E-state index is -3.25. The molecule has 0 radical (unpaired) electrons. The molecule has 1 aromatic carbocycles. The van der Waals surface area contributed by atoms with Crippen molar-refractivity contribution in [2.75, 3.05) is 21.9 Å². The highest BCUT2D eigenvalue weighted by molar-refractivity contribution is 7.93. The predicted octanol–water partition coefficient (Wildman–Crippen LogP) is 1.20. The summed E-state index contributed by atoms with van der Waals surface area (Å²) < 4.78 is 25.2. The minimum Gasteiger partial charge on any atom is -0.319 e. The van der Waals surface area contributed by atoms with Gasteiger partial charge in [0.25, 0.3) is 5.91 Å². The molecule has 0 saturated carbocycles. The summed E-state index contributed by atoms with van der Waals surface area (Å²) in [6.07, 6.45) is 3.66. The highest BCUT2D eigenvalue weighted by Gasteiger charge is 2.28. The Bertz CT molecular complexity index is 755. The molecule has 1 saturated heterocycles. The number of anilines is 2. The van der Waals surface area contributed by atoms with E-state index in [1.165, 1.54) is 10.5 Å². The van der Waals surface area contributed by atoms with Crippen LogP contribution < -0.4 is 9.62 Å². The fourth-order valence-corrected chi connectivity index (χ4v) is 3.81. The third-order valence-corrected chi connectivity index (χ3v) is 5.12. The summed E-state index contributed by atoms with van der Waals surface area (Å²) in [5.74, 6) is -0.159. The first-order valence-corrected chi connectivity index (χ1v) is 8.08. The van der Waals surface area contributed by atoms with Crippen LogP contribution in [0.4, 0.5) is 11.4 Å². The van der Waals surface area contributed by atoms with Gasteiger partial charge in [-0.15, -0.1) is 0 Å². The molecular formula is C13H14N4O3S. The molecule has 8 heteroatoms. The van der Waals surface area contributed by atoms with E-state index in [1.54, 1.807) is 30.5 Å². The van der Waals surface area contributed by atoms with Crippen molar-refractivity contribution in [1.82, 2.24) is 10.2 Å². The van der Waals surface area contributed by atoms with Gasteiger partial charge in [-0.3, -0.25) is 14.2 Å². The van der Waals surface area contributed by atoms with Crippen LogP contribution in [0.5, 0.6) is 0 Å². The van der Waals surface area contributed by atoms with E-state index in [2.05, 4.69) is 15.5 Å². The lowest BCUT2D eigenvalue weighted by Gasteiger charge is -2.17. The minimum absolute atomic E-state index is 0.151. The van der Waals surface area contributed by atoms with Crippen LogP contribution in [0, 0.1) is 0 Å². The molecule has 0 unspecified atom stereocenters. The zero-order chi connectivity index (χ0) is 14.9. The molecule has 0 aliphatic carbocycles. The zero-order valence-electron chi connectivity index (χ0n) is 11.1. The highest BCUT2D eigenvalue weighted by Crippen LogP contribution is 2.25. The highest BCUT2D eigenvalue weighted by atomic mass is 32.2. The molecule has 2 N–H and O–H groups in total. The second-order valence-corrected chi connectivity index (χ2v) is 6.75. The number of amides is 1. The molecule has 1 fully saturated rings. The molecule has 1 aliphatic rings. The van der Waals surface area contributed by atoms with E-state index in [-0.39, 0.29) is 11.7 Å². The smallest absolute Gasteiger partial charge is 0.255 e. The van der Waals surface area contributed by atoms with Gasteiger partial charge in [0.05, 0.1) is 23.3 Å². The van der Waals surface area contributed by atoms with E-state index in [4.69, 9.17) is 0 Å². The average Bonchev–Trinajstić information content (AvgIpc) is 3.08. The van der Waals surface area contributed by atoms with Gasteiger partial charge in [-0.1, -0.05) is 6.07 Å². The Labute approximate surface area is 122 Å². The molecule has 0 atom stereocenters. The Hall–Kier alpha value is -2.35. The Morgan fingerprint density at radius 3 is 2.90 bits per heavy atom. The number of nitrogens with one attached hydrogen (secondary N) is 2. The molecule has 1 aromatic heterocycles. The fourth-order valence-electron chi connectivity index (χ4n) is 2.25. The van der Waals surface area contributed by atoms with Crippen LogP contribution >= 0.6 is 0 Å². The van der Waals surface area contributed by atoms with Crippen LogP contribution in [0.25, 0.3) is 0 Å². The lowest BCUT2D eigenvalue weighted by atomic mass is 10.2. The molecule has 0 spiro atoms. The summed E-state index contributed by atoms with van der Waals surface area (Å²) >= 11 is 0. The maximum Gasteiger partial charge on any atom is 0.255 e. The van der Waals surface area contributed by atoms with E-state index < -0.39 is 10.0 Å². The standard InChI is InChI=1S/C13H14N4O3S/c18-13(16-11-8-14-15-9-11)10-3-1-4-12(7-10)17-5-2-6-21(17,19)20/h1,3-4,7-9H,2,5-6H2,(H,14,15)(H,16,18). The van der Waals surface area contributed by atoms with Crippen LogP contribution in [0.2, 0.25) is 0 Å². The van der Waals surface area contributed by atoms with Crippen molar-refractivity contribution in [1.29, 1.82) is 0 Å². The Morgan fingerprint density at radius 1 is 1.38 bits per heavy atom. The summed E-state index contributed by atoms with van der Waals surface area (Å²) in [6.45, 7) is 0.454. The van der Waals surface area contributed by atoms with Crippen molar-refractivity contribution in [3.05, 3.63) is 42.2 Å². The van der Waals surface area contributed by atoms with Crippen molar-refractivity contribution in [2.24, 2.45) is 0 Å². The first kappa shape index (κ1) is 13.6. The van der Waals surface area contributed by atoms with Crippen molar-refractivity contribution in [2.45, 2.75) is 6.42 Å². The number of H-pyrrole nitrogens is 1. The molecule has 7 nitrogen and oxygen atoms in total. The number of nitrogens with zero attached hydrogens (tertiary/aromatic N) is 2. The number of rotatable bonds is 3. The lowest BCUT2D eigenvalue weighted by Crippen LogP contribution is -2.25. The summed E-state index contributed by atoms with van der Waals surface area (Å²) in [4.78, 5) is 12.1. The number of hydrogen-bond acceptors (Lipinski definition) is 4. The molecule has 2 aromatic rings. The first-order chi connectivity index (χ1) is 10.1. The van der Waals surface area contributed by atoms with E-state index in [1.807, 2.05) is 0 Å². The SMILES string of the molecule is O=C(Nc1cn[nH]c1)c1cccc(N2CCCS2(=O)=O)c1. The van der Waals surface area contributed by atoms with Crippen LogP contribution in [0.3, 0.4) is 0 Å². The molecular weight excluding hydrogens is 292 g/mol. The fraction of sp³-hybridized carbons (Fsp3) is 0.231. The normalized spacial score (nSPS) is 16.9. The van der Waals surface area contributed by atoms with Crippen molar-refractivity contribution in [3.63, 3.8) is 0 Å². The van der Waals surface area contributed by atoms with E-state index >= 15 is 0 Å². The maximum absolute atomic E-state index is 12.1. The molecule has 21 heavy (non-hydrogen) atoms. The number of carbonyl (C=O) groups excluding carboxylic acids is 1. The van der Waals surface area contributed by atoms with Gasteiger partial charge in [0.1, 0.15) is 0 Å². The molecule has 1 aliphatic heterocycles. The van der Waals surface area contributed by atoms with E-state index in [9.17, 15) is 13.2 Å². The number of carbonyl (C=O) groups is 1. The molecule has 1 amide bonds. The molecule has 110 valence electrons. The third-order valence-electron chi connectivity index (χ3n) is 3.25. The van der Waals surface area contributed by atoms with Gasteiger partial charge in [-0.25, -0.2) is 8.42 Å². The lowest BCUT2D eigenvalue weighted by molar-refractivity contribution is 0.102. The summed E-state index contributed by atoms with van der Waals surface area (Å²) in [7, 11) is -3.25. The zero-order valence-corrected chi connectivity index (χ0v) is 11.9. The number of benzene rings is 1. The average molecular weight is 306 g/mol. The van der Waals surface area contributed by atoms with E-state index in [0.717, 1.165) is 0 Å². The van der Waals surface area contributed by atoms with Crippen LogP contribution in [-0.2, 0) is 10.0 Å². The Morgan fingerprint density at radius 2 is 2.24 bits per heavy atom. The maximum atomic E-state index is 12.1. The van der Waals surface area contributed by atoms with Crippen molar-refractivity contribution < 1.29 is 13.2 Å². The van der Waals surface area contributed by atoms with Crippen molar-refractivity contribution >= 4 is 27.3 Å². The summed E-state index contributed by atoms with van der Waals surface area (Å²) in [6, 6.07) is 6.59. The first-order valence-electron chi connectivity index (χ1n) is 6.47. The second-order valence-electron chi connectivity index (χ2n) is 4.73. The number of hydrogen-bond donors (Lipinski definition) is 2. The number of aromatic nitrogens is 2. The van der Waals surface area contributed by atoms with Gasteiger partial charge >= 0.3 is 0 Å². The number of sulfonamides is 1. The molecule has 2 heterocycles. The van der Waals surface area contributed by atoms with E-state index in [0.29, 0.717) is 29.9 Å². The monoisotopic (exact) mass is 306 g/mol. The van der Waals surface area contributed by atoms with Crippen LogP contribution in [0.1, 0.15) is 16.8 Å². The Balaban J connectivity index is 1.85. The van der Waals surface area contributed by atoms with Gasteiger partial charge in [0, 0.05) is 18.3 Å². The van der Waals surface area contributed by atoms with Gasteiger partial charge in [0.2, 0.25) is 10.0 Å². The number of aromatic amines is 1.